The van der Waals surface area contributed by atoms with Crippen molar-refractivity contribution in [2.45, 2.75) is 31.8 Å². The van der Waals surface area contributed by atoms with Gasteiger partial charge in [0, 0.05) is 16.5 Å². The number of aromatic nitrogens is 3. The van der Waals surface area contributed by atoms with E-state index in [9.17, 15) is 9.59 Å². The van der Waals surface area contributed by atoms with Gasteiger partial charge in [-0.1, -0.05) is 77.1 Å². The lowest BCUT2D eigenvalue weighted by Gasteiger charge is -2.32. The zero-order valence-electron chi connectivity index (χ0n) is 19.8. The fourth-order valence-electron chi connectivity index (χ4n) is 4.38. The van der Waals surface area contributed by atoms with Crippen molar-refractivity contribution in [1.82, 2.24) is 10.1 Å². The summed E-state index contributed by atoms with van der Waals surface area (Å²) in [6, 6.07) is 23.0. The second-order valence-corrected chi connectivity index (χ2v) is 10.4. The van der Waals surface area contributed by atoms with Crippen LogP contribution in [0.15, 0.2) is 87.2 Å². The van der Waals surface area contributed by atoms with Crippen molar-refractivity contribution in [3.8, 4) is 17.0 Å². The van der Waals surface area contributed by atoms with Crippen LogP contribution < -0.4 is 19.9 Å². The Morgan fingerprint density at radius 2 is 1.89 bits per heavy atom. The summed E-state index contributed by atoms with van der Waals surface area (Å²) in [4.78, 5) is 31.1. The van der Waals surface area contributed by atoms with Gasteiger partial charge in [-0.05, 0) is 46.3 Å². The fraction of sp³-hybridized carbons (Fsp3) is 0.185. The Morgan fingerprint density at radius 3 is 2.64 bits per heavy atom. The number of hydrogen-bond acceptors (Lipinski definition) is 5. The van der Waals surface area contributed by atoms with Crippen LogP contribution in [0.2, 0.25) is 0 Å². The van der Waals surface area contributed by atoms with Crippen LogP contribution in [-0.2, 0) is 11.4 Å². The molecule has 0 aliphatic carbocycles. The molecular weight excluding hydrogens is 540 g/mol. The number of thioether (sulfide) groups is 1. The van der Waals surface area contributed by atoms with Gasteiger partial charge in [-0.15, -0.1) is 0 Å². The quantitative estimate of drug-likeness (QED) is 0.261. The first-order valence-electron chi connectivity index (χ1n) is 11.5. The zero-order valence-corrected chi connectivity index (χ0v) is 22.2. The van der Waals surface area contributed by atoms with Crippen molar-refractivity contribution in [3.63, 3.8) is 0 Å². The van der Waals surface area contributed by atoms with E-state index in [4.69, 9.17) is 9.84 Å². The van der Waals surface area contributed by atoms with E-state index in [0.717, 1.165) is 15.8 Å². The molecule has 1 N–H and O–H groups in total. The van der Waals surface area contributed by atoms with Crippen molar-refractivity contribution in [1.29, 1.82) is 0 Å². The molecule has 0 saturated carbocycles. The molecule has 0 radical (unpaired) electrons. The molecule has 7 nitrogen and oxygen atoms in total. The number of ether oxygens (including phenoxy) is 1. The monoisotopic (exact) mass is 563 g/mol. The molecule has 1 atom stereocenters. The SMILES string of the molecule is CCSc1n[n+]2c(c(=O)[nH]1)-c1ccccc1N(C(C)=O)[C@H]2c1cc(Br)ccc1OCc1ccccc1. The molecule has 0 bridgehead atoms. The van der Waals surface area contributed by atoms with Crippen LogP contribution in [0.4, 0.5) is 5.69 Å². The summed E-state index contributed by atoms with van der Waals surface area (Å²) in [6.45, 7) is 3.87. The van der Waals surface area contributed by atoms with E-state index in [2.05, 4.69) is 20.9 Å². The maximum absolute atomic E-state index is 13.4. The molecule has 0 saturated heterocycles. The standard InChI is InChI=1S/C27H23BrN4O3S/c1-3-36-27-29-25(34)24-20-11-7-8-12-22(20)31(17(2)33)26(32(24)30-27)21-15-19(28)13-14-23(21)35-16-18-9-5-4-6-10-18/h4-15,26H,3,16H2,1-2H3/p+1/t26-/m1/s1. The molecular formula is C27H24BrN4O3S+. The lowest BCUT2D eigenvalue weighted by Crippen LogP contribution is -2.60. The maximum Gasteiger partial charge on any atom is 0.325 e. The highest BCUT2D eigenvalue weighted by molar-refractivity contribution is 9.10. The number of hydrogen-bond donors (Lipinski definition) is 1. The van der Waals surface area contributed by atoms with Gasteiger partial charge < -0.3 is 4.74 Å². The number of carbonyl (C=O) groups excluding carboxylic acids is 1. The summed E-state index contributed by atoms with van der Waals surface area (Å²) < 4.78 is 8.75. The molecule has 5 rings (SSSR count). The van der Waals surface area contributed by atoms with Crippen LogP contribution in [0.3, 0.4) is 0 Å². The number of fused-ring (bicyclic) bond motifs is 3. The molecule has 1 amide bonds. The third-order valence-corrected chi connectivity index (χ3v) is 7.10. The van der Waals surface area contributed by atoms with Gasteiger partial charge in [0.25, 0.3) is 6.17 Å². The van der Waals surface area contributed by atoms with Crippen LogP contribution in [0.5, 0.6) is 5.75 Å². The topological polar surface area (TPSA) is 79.2 Å². The summed E-state index contributed by atoms with van der Waals surface area (Å²) in [7, 11) is 0. The zero-order chi connectivity index (χ0) is 25.2. The van der Waals surface area contributed by atoms with E-state index < -0.39 is 6.17 Å². The van der Waals surface area contributed by atoms with Gasteiger partial charge in [0.2, 0.25) is 11.1 Å². The van der Waals surface area contributed by atoms with Gasteiger partial charge in [0.1, 0.15) is 12.4 Å². The number of rotatable bonds is 6. The van der Waals surface area contributed by atoms with Gasteiger partial charge in [-0.3, -0.25) is 14.6 Å². The minimum atomic E-state index is -0.728. The second kappa shape index (κ2) is 10.3. The molecule has 1 aliphatic heterocycles. The summed E-state index contributed by atoms with van der Waals surface area (Å²) in [5.74, 6) is 1.16. The Morgan fingerprint density at radius 1 is 1.14 bits per heavy atom. The number of H-pyrrole nitrogens is 1. The summed E-state index contributed by atoms with van der Waals surface area (Å²) in [5, 5.41) is 5.29. The highest BCUT2D eigenvalue weighted by atomic mass is 79.9. The molecule has 0 spiro atoms. The van der Waals surface area contributed by atoms with Crippen molar-refractivity contribution in [2.24, 2.45) is 0 Å². The van der Waals surface area contributed by atoms with Crippen molar-refractivity contribution >= 4 is 39.3 Å². The van der Waals surface area contributed by atoms with Crippen LogP contribution >= 0.6 is 27.7 Å². The van der Waals surface area contributed by atoms with E-state index in [-0.39, 0.29) is 11.5 Å². The predicted molar refractivity (Wildman–Crippen MR) is 143 cm³/mol. The maximum atomic E-state index is 13.4. The second-order valence-electron chi connectivity index (χ2n) is 8.22. The number of carbonyl (C=O) groups is 1. The lowest BCUT2D eigenvalue weighted by molar-refractivity contribution is -0.763. The smallest absolute Gasteiger partial charge is 0.325 e. The predicted octanol–water partition coefficient (Wildman–Crippen LogP) is 5.09. The third kappa shape index (κ3) is 4.56. The largest absolute Gasteiger partial charge is 0.488 e. The molecule has 9 heteroatoms. The van der Waals surface area contributed by atoms with Crippen molar-refractivity contribution in [3.05, 3.63) is 98.7 Å². The Bertz CT molecular complexity index is 1490. The normalized spacial score (nSPS) is 14.2. The van der Waals surface area contributed by atoms with Gasteiger partial charge in [-0.25, -0.2) is 4.90 Å². The van der Waals surface area contributed by atoms with E-state index in [1.807, 2.05) is 79.7 Å². The first-order valence-corrected chi connectivity index (χ1v) is 13.3. The Hall–Kier alpha value is -3.43. The number of aromatic amines is 1. The molecule has 36 heavy (non-hydrogen) atoms. The van der Waals surface area contributed by atoms with Crippen LogP contribution in [0, 0.1) is 0 Å². The lowest BCUT2D eigenvalue weighted by atomic mass is 10.0. The van der Waals surface area contributed by atoms with Gasteiger partial charge in [0.15, 0.2) is 0 Å². The minimum absolute atomic E-state index is 0.175. The number of nitrogens with one attached hydrogen (secondary N) is 1. The molecule has 0 unspecified atom stereocenters. The molecule has 1 aliphatic rings. The number of para-hydroxylation sites is 1. The van der Waals surface area contributed by atoms with E-state index >= 15 is 0 Å². The Labute approximate surface area is 221 Å². The average molecular weight is 564 g/mol. The van der Waals surface area contributed by atoms with Gasteiger partial charge in [0.05, 0.1) is 16.8 Å². The molecule has 0 fully saturated rings. The first-order chi connectivity index (χ1) is 17.5. The molecule has 4 aromatic rings. The van der Waals surface area contributed by atoms with E-state index in [1.54, 1.807) is 9.58 Å². The minimum Gasteiger partial charge on any atom is -0.488 e. The van der Waals surface area contributed by atoms with E-state index in [1.165, 1.54) is 18.7 Å². The Balaban J connectivity index is 1.73. The Kier molecular flexibility index (Phi) is 6.93. The van der Waals surface area contributed by atoms with Gasteiger partial charge >= 0.3 is 11.3 Å². The number of anilines is 1. The van der Waals surface area contributed by atoms with Crippen LogP contribution in [-0.4, -0.2) is 21.7 Å². The van der Waals surface area contributed by atoms with Crippen LogP contribution in [0.1, 0.15) is 31.1 Å². The summed E-state index contributed by atoms with van der Waals surface area (Å²) >= 11 is 5.01. The van der Waals surface area contributed by atoms with Gasteiger partial charge in [-0.2, -0.15) is 0 Å². The molecule has 2 heterocycles. The molecule has 3 aromatic carbocycles. The number of benzene rings is 3. The van der Waals surface area contributed by atoms with E-state index in [0.29, 0.717) is 40.0 Å². The number of nitrogens with zero attached hydrogens (tertiary/aromatic N) is 3. The molecule has 182 valence electrons. The highest BCUT2D eigenvalue weighted by Gasteiger charge is 2.46. The van der Waals surface area contributed by atoms with Crippen molar-refractivity contribution in [2.75, 3.05) is 10.7 Å². The summed E-state index contributed by atoms with van der Waals surface area (Å²) in [6.07, 6.45) is -0.728. The number of halogens is 1. The molecule has 1 aromatic heterocycles. The highest BCUT2D eigenvalue weighted by Crippen LogP contribution is 2.40. The van der Waals surface area contributed by atoms with Crippen molar-refractivity contribution < 1.29 is 14.2 Å². The summed E-state index contributed by atoms with van der Waals surface area (Å²) in [5.41, 5.74) is 3.15. The first kappa shape index (κ1) is 24.3. The number of amides is 1. The third-order valence-electron chi connectivity index (χ3n) is 5.87. The fourth-order valence-corrected chi connectivity index (χ4v) is 5.35. The average Bonchev–Trinajstić information content (AvgIpc) is 2.87. The van der Waals surface area contributed by atoms with Crippen LogP contribution in [0.25, 0.3) is 11.3 Å².